The van der Waals surface area contributed by atoms with Crippen molar-refractivity contribution in [2.45, 2.75) is 26.1 Å². The molecule has 0 amide bonds. The van der Waals surface area contributed by atoms with Gasteiger partial charge in [-0.2, -0.15) is 13.2 Å². The quantitative estimate of drug-likeness (QED) is 0.808. The van der Waals surface area contributed by atoms with E-state index < -0.39 is 11.7 Å². The number of anilines is 1. The van der Waals surface area contributed by atoms with Crippen molar-refractivity contribution in [3.63, 3.8) is 0 Å². The summed E-state index contributed by atoms with van der Waals surface area (Å²) in [6.45, 7) is 3.92. The topological polar surface area (TPSA) is 24.9 Å². The van der Waals surface area contributed by atoms with Crippen molar-refractivity contribution in [1.82, 2.24) is 4.98 Å². The lowest BCUT2D eigenvalue weighted by Crippen LogP contribution is -2.25. The van der Waals surface area contributed by atoms with Gasteiger partial charge < -0.3 is 5.32 Å². The minimum atomic E-state index is -4.43. The summed E-state index contributed by atoms with van der Waals surface area (Å²) in [5, 5.41) is 3.75. The molecule has 0 aliphatic carbocycles. The Bertz CT molecular complexity index is 412. The van der Waals surface area contributed by atoms with Crippen molar-refractivity contribution >= 4 is 33.3 Å². The second-order valence-corrected chi connectivity index (χ2v) is 5.17. The van der Waals surface area contributed by atoms with Gasteiger partial charge in [0.1, 0.15) is 5.82 Å². The number of nitrogens with zero attached hydrogens (tertiary/aromatic N) is 1. The molecule has 0 aliphatic rings. The Morgan fingerprint density at radius 2 is 2.06 bits per heavy atom. The molecule has 0 fully saturated rings. The molecule has 0 aliphatic heterocycles. The number of aromatic nitrogens is 1. The highest BCUT2D eigenvalue weighted by Crippen LogP contribution is 2.32. The Morgan fingerprint density at radius 3 is 2.50 bits per heavy atom. The van der Waals surface area contributed by atoms with E-state index in [0.717, 1.165) is 17.6 Å². The first-order valence-corrected chi connectivity index (χ1v) is 6.81. The highest BCUT2D eigenvalue weighted by molar-refractivity contribution is 9.09. The summed E-state index contributed by atoms with van der Waals surface area (Å²) in [4.78, 5) is 3.72. The van der Waals surface area contributed by atoms with E-state index in [1.807, 2.05) is 13.8 Å². The maximum absolute atomic E-state index is 12.4. The fourth-order valence-electron chi connectivity index (χ4n) is 1.19. The van der Waals surface area contributed by atoms with Gasteiger partial charge in [0.25, 0.3) is 0 Å². The fraction of sp³-hybridized carbons (Fsp3) is 0.545. The molecular weight excluding hydrogens is 332 g/mol. The summed E-state index contributed by atoms with van der Waals surface area (Å²) in [5.41, 5.74) is -0.848. The predicted octanol–water partition coefficient (Wildman–Crippen LogP) is 4.59. The van der Waals surface area contributed by atoms with E-state index >= 15 is 0 Å². The molecule has 0 spiro atoms. The molecular formula is C11H13BrClF3N2. The van der Waals surface area contributed by atoms with E-state index in [0.29, 0.717) is 5.92 Å². The molecule has 0 bridgehead atoms. The zero-order valence-electron chi connectivity index (χ0n) is 9.85. The molecule has 18 heavy (non-hydrogen) atoms. The molecule has 1 aromatic heterocycles. The molecule has 7 heteroatoms. The number of hydrogen-bond donors (Lipinski definition) is 1. The van der Waals surface area contributed by atoms with Gasteiger partial charge in [0.2, 0.25) is 0 Å². The Balaban J connectivity index is 2.87. The maximum Gasteiger partial charge on any atom is 0.417 e. The molecule has 0 aromatic carbocycles. The highest BCUT2D eigenvalue weighted by atomic mass is 79.9. The standard InChI is InChI=1S/C11H13BrClF3N2/c1-6(4-12)7(2)18-10-9(13)3-8(5-17-10)11(14,15)16/h3,5-7H,4H2,1-2H3,(H,17,18). The van der Waals surface area contributed by atoms with Gasteiger partial charge >= 0.3 is 6.18 Å². The normalized spacial score (nSPS) is 15.3. The summed E-state index contributed by atoms with van der Waals surface area (Å²) in [5.74, 6) is 0.565. The van der Waals surface area contributed by atoms with Crippen molar-refractivity contribution < 1.29 is 13.2 Å². The number of rotatable bonds is 4. The van der Waals surface area contributed by atoms with Gasteiger partial charge in [-0.25, -0.2) is 4.98 Å². The van der Waals surface area contributed by atoms with Crippen LogP contribution in [0.1, 0.15) is 19.4 Å². The van der Waals surface area contributed by atoms with Gasteiger partial charge in [-0.3, -0.25) is 0 Å². The summed E-state index contributed by atoms with van der Waals surface area (Å²) in [7, 11) is 0. The number of nitrogens with one attached hydrogen (secondary N) is 1. The number of halogens is 5. The second kappa shape index (κ2) is 6.10. The minimum absolute atomic E-state index is 0.0292. The lowest BCUT2D eigenvalue weighted by atomic mass is 10.1. The molecule has 2 unspecified atom stereocenters. The van der Waals surface area contributed by atoms with Crippen LogP contribution in [-0.2, 0) is 6.18 Å². The van der Waals surface area contributed by atoms with Crippen LogP contribution in [0.2, 0.25) is 5.02 Å². The summed E-state index contributed by atoms with van der Waals surface area (Å²) in [6.07, 6.45) is -3.65. The molecule has 1 aromatic rings. The largest absolute Gasteiger partial charge is 0.417 e. The Morgan fingerprint density at radius 1 is 1.44 bits per heavy atom. The van der Waals surface area contributed by atoms with Crippen LogP contribution in [0.3, 0.4) is 0 Å². The Hall–Kier alpha value is -0.490. The SMILES string of the molecule is CC(CBr)C(C)Nc1ncc(C(F)(F)F)cc1Cl. The monoisotopic (exact) mass is 344 g/mol. The van der Waals surface area contributed by atoms with E-state index in [1.54, 1.807) is 0 Å². The van der Waals surface area contributed by atoms with Crippen LogP contribution in [-0.4, -0.2) is 16.4 Å². The molecule has 2 atom stereocenters. The zero-order chi connectivity index (χ0) is 13.9. The summed E-state index contributed by atoms with van der Waals surface area (Å²) in [6, 6.07) is 0.925. The summed E-state index contributed by atoms with van der Waals surface area (Å²) >= 11 is 9.13. The van der Waals surface area contributed by atoms with E-state index in [4.69, 9.17) is 11.6 Å². The molecule has 1 rings (SSSR count). The van der Waals surface area contributed by atoms with Crippen molar-refractivity contribution in [1.29, 1.82) is 0 Å². The lowest BCUT2D eigenvalue weighted by molar-refractivity contribution is -0.137. The molecule has 2 nitrogen and oxygen atoms in total. The molecule has 0 radical (unpaired) electrons. The van der Waals surface area contributed by atoms with E-state index in [9.17, 15) is 13.2 Å². The minimum Gasteiger partial charge on any atom is -0.366 e. The van der Waals surface area contributed by atoms with Crippen LogP contribution in [0.15, 0.2) is 12.3 Å². The number of hydrogen-bond acceptors (Lipinski definition) is 2. The third kappa shape index (κ3) is 4.02. The number of pyridine rings is 1. The zero-order valence-corrected chi connectivity index (χ0v) is 12.2. The first kappa shape index (κ1) is 15.6. The average molecular weight is 346 g/mol. The highest BCUT2D eigenvalue weighted by Gasteiger charge is 2.31. The van der Waals surface area contributed by atoms with Crippen molar-refractivity contribution in [3.05, 3.63) is 22.8 Å². The molecule has 1 heterocycles. The maximum atomic E-state index is 12.4. The van der Waals surface area contributed by atoms with Gasteiger partial charge in [-0.1, -0.05) is 34.5 Å². The molecule has 0 saturated heterocycles. The average Bonchev–Trinajstić information content (AvgIpc) is 2.29. The number of alkyl halides is 4. The van der Waals surface area contributed by atoms with Gasteiger partial charge in [-0.05, 0) is 18.9 Å². The smallest absolute Gasteiger partial charge is 0.366 e. The lowest BCUT2D eigenvalue weighted by Gasteiger charge is -2.20. The van der Waals surface area contributed by atoms with E-state index in [-0.39, 0.29) is 16.9 Å². The first-order valence-electron chi connectivity index (χ1n) is 5.31. The van der Waals surface area contributed by atoms with Crippen LogP contribution in [0, 0.1) is 5.92 Å². The van der Waals surface area contributed by atoms with Crippen LogP contribution < -0.4 is 5.32 Å². The van der Waals surface area contributed by atoms with Crippen LogP contribution in [0.25, 0.3) is 0 Å². The Kier molecular flexibility index (Phi) is 5.28. The molecule has 0 saturated carbocycles. The van der Waals surface area contributed by atoms with Gasteiger partial charge in [-0.15, -0.1) is 0 Å². The van der Waals surface area contributed by atoms with E-state index in [2.05, 4.69) is 26.2 Å². The second-order valence-electron chi connectivity index (χ2n) is 4.12. The van der Waals surface area contributed by atoms with Gasteiger partial charge in [0, 0.05) is 17.6 Å². The van der Waals surface area contributed by atoms with Gasteiger partial charge in [0.15, 0.2) is 0 Å². The van der Waals surface area contributed by atoms with Gasteiger partial charge in [0.05, 0.1) is 10.6 Å². The van der Waals surface area contributed by atoms with Crippen molar-refractivity contribution in [2.75, 3.05) is 10.6 Å². The van der Waals surface area contributed by atoms with Crippen LogP contribution in [0.4, 0.5) is 19.0 Å². The Labute approximate surface area is 117 Å². The third-order valence-corrected chi connectivity index (χ3v) is 3.94. The molecule has 1 N–H and O–H groups in total. The molecule has 102 valence electrons. The van der Waals surface area contributed by atoms with Crippen molar-refractivity contribution in [2.24, 2.45) is 5.92 Å². The van der Waals surface area contributed by atoms with Crippen LogP contribution in [0.5, 0.6) is 0 Å². The predicted molar refractivity (Wildman–Crippen MR) is 70.3 cm³/mol. The third-order valence-electron chi connectivity index (χ3n) is 2.63. The van der Waals surface area contributed by atoms with E-state index in [1.165, 1.54) is 0 Å². The summed E-state index contributed by atoms with van der Waals surface area (Å²) < 4.78 is 37.3. The van der Waals surface area contributed by atoms with Crippen molar-refractivity contribution in [3.8, 4) is 0 Å². The fourth-order valence-corrected chi connectivity index (χ4v) is 1.97. The first-order chi connectivity index (χ1) is 8.25. The van der Waals surface area contributed by atoms with Crippen LogP contribution >= 0.6 is 27.5 Å².